The number of rotatable bonds is 5. The SMILES string of the molecule is C[C@H]1CCN1c1nc(-c2ccc(OCC(=O)N3CCN(C(=O)OC(C)(C)C)CC3)nc2)c2c(n1)C(F)(F)CC2. The standard InChI is InChI=1S/C27H34F2N6O4/c1-17-8-10-35(17)24-31-22(19-7-9-27(28,29)23(19)32-24)18-5-6-20(30-15-18)38-16-21(36)33-11-13-34(14-12-33)25(37)39-26(2,3)4/h5-6,15,17H,7-14,16H2,1-4H3/t17-/m0/s1. The first kappa shape index (κ1) is 27.0. The van der Waals surface area contributed by atoms with Gasteiger partial charge in [-0.1, -0.05) is 0 Å². The highest BCUT2D eigenvalue weighted by atomic mass is 19.3. The van der Waals surface area contributed by atoms with Crippen molar-refractivity contribution in [3.8, 4) is 17.1 Å². The zero-order chi connectivity index (χ0) is 27.9. The summed E-state index contributed by atoms with van der Waals surface area (Å²) in [6, 6.07) is 3.53. The van der Waals surface area contributed by atoms with Crippen molar-refractivity contribution in [2.45, 2.75) is 64.5 Å². The Bertz CT molecular complexity index is 1240. The Kier molecular flexibility index (Phi) is 7.06. The van der Waals surface area contributed by atoms with Crippen LogP contribution in [0.25, 0.3) is 11.3 Å². The summed E-state index contributed by atoms with van der Waals surface area (Å²) >= 11 is 0. The van der Waals surface area contributed by atoms with Crippen molar-refractivity contribution in [3.05, 3.63) is 29.6 Å². The number of pyridine rings is 1. The molecule has 2 amide bonds. The molecule has 10 nitrogen and oxygen atoms in total. The van der Waals surface area contributed by atoms with Gasteiger partial charge in [0.25, 0.3) is 11.8 Å². The first-order valence-corrected chi connectivity index (χ1v) is 13.3. The van der Waals surface area contributed by atoms with E-state index in [0.717, 1.165) is 13.0 Å². The number of fused-ring (bicyclic) bond motifs is 1. The first-order valence-electron chi connectivity index (χ1n) is 13.3. The van der Waals surface area contributed by atoms with E-state index in [-0.39, 0.29) is 49.1 Å². The normalized spacial score (nSPS) is 20.4. The number of ether oxygens (including phenoxy) is 2. The van der Waals surface area contributed by atoms with Crippen molar-refractivity contribution in [2.75, 3.05) is 44.2 Å². The monoisotopic (exact) mass is 544 g/mol. The van der Waals surface area contributed by atoms with E-state index in [1.54, 1.807) is 21.9 Å². The number of nitrogens with zero attached hydrogens (tertiary/aromatic N) is 6. The van der Waals surface area contributed by atoms with Crippen LogP contribution in [0.15, 0.2) is 18.3 Å². The van der Waals surface area contributed by atoms with E-state index < -0.39 is 11.5 Å². The fourth-order valence-electron chi connectivity index (χ4n) is 4.89. The Hall–Kier alpha value is -3.57. The summed E-state index contributed by atoms with van der Waals surface area (Å²) in [6.07, 6.45) is 2.02. The number of anilines is 1. The number of amides is 2. The molecule has 12 heteroatoms. The summed E-state index contributed by atoms with van der Waals surface area (Å²) in [5, 5.41) is 0. The second-order valence-corrected chi connectivity index (χ2v) is 11.3. The molecule has 2 aliphatic heterocycles. The maximum Gasteiger partial charge on any atom is 0.410 e. The van der Waals surface area contributed by atoms with E-state index in [1.165, 1.54) is 6.20 Å². The third-order valence-corrected chi connectivity index (χ3v) is 7.24. The van der Waals surface area contributed by atoms with Crippen LogP contribution in [-0.4, -0.2) is 87.7 Å². The van der Waals surface area contributed by atoms with E-state index in [1.807, 2.05) is 32.6 Å². The van der Waals surface area contributed by atoms with Crippen LogP contribution in [0.2, 0.25) is 0 Å². The molecule has 210 valence electrons. The number of piperazine rings is 1. The van der Waals surface area contributed by atoms with E-state index >= 15 is 0 Å². The topological polar surface area (TPSA) is 101 Å². The van der Waals surface area contributed by atoms with E-state index in [2.05, 4.69) is 15.0 Å². The molecule has 0 saturated carbocycles. The Morgan fingerprint density at radius 2 is 1.79 bits per heavy atom. The number of alkyl halides is 2. The lowest BCUT2D eigenvalue weighted by molar-refractivity contribution is -0.135. The summed E-state index contributed by atoms with van der Waals surface area (Å²) in [7, 11) is 0. The van der Waals surface area contributed by atoms with E-state index in [0.29, 0.717) is 48.9 Å². The van der Waals surface area contributed by atoms with Crippen molar-refractivity contribution in [1.82, 2.24) is 24.8 Å². The molecule has 0 unspecified atom stereocenters. The Morgan fingerprint density at radius 3 is 2.38 bits per heavy atom. The van der Waals surface area contributed by atoms with Gasteiger partial charge in [-0.2, -0.15) is 8.78 Å². The van der Waals surface area contributed by atoms with Gasteiger partial charge in [-0.05, 0) is 46.6 Å². The summed E-state index contributed by atoms with van der Waals surface area (Å²) in [4.78, 5) is 43.3. The maximum absolute atomic E-state index is 14.6. The molecule has 1 atom stereocenters. The Balaban J connectivity index is 1.21. The number of carbonyl (C=O) groups is 2. The van der Waals surface area contributed by atoms with Gasteiger partial charge < -0.3 is 24.2 Å². The third kappa shape index (κ3) is 5.74. The predicted molar refractivity (Wildman–Crippen MR) is 139 cm³/mol. The quantitative estimate of drug-likeness (QED) is 0.563. The van der Waals surface area contributed by atoms with Gasteiger partial charge in [0.05, 0.1) is 5.69 Å². The molecule has 2 fully saturated rings. The number of halogens is 2. The zero-order valence-corrected chi connectivity index (χ0v) is 22.7. The summed E-state index contributed by atoms with van der Waals surface area (Å²) in [5.74, 6) is -2.63. The zero-order valence-electron chi connectivity index (χ0n) is 22.7. The van der Waals surface area contributed by atoms with Gasteiger partial charge in [-0.3, -0.25) is 4.79 Å². The Labute approximate surface area is 226 Å². The molecule has 39 heavy (non-hydrogen) atoms. The molecule has 0 bridgehead atoms. The van der Waals surface area contributed by atoms with Crippen molar-refractivity contribution < 1.29 is 27.8 Å². The fourth-order valence-corrected chi connectivity index (χ4v) is 4.89. The summed E-state index contributed by atoms with van der Waals surface area (Å²) in [5.41, 5.74) is 0.739. The first-order chi connectivity index (χ1) is 18.4. The second-order valence-electron chi connectivity index (χ2n) is 11.3. The number of carbonyl (C=O) groups excluding carboxylic acids is 2. The molecule has 2 saturated heterocycles. The van der Waals surface area contributed by atoms with Crippen molar-refractivity contribution in [1.29, 1.82) is 0 Å². The second kappa shape index (κ2) is 10.2. The van der Waals surface area contributed by atoms with Crippen LogP contribution in [-0.2, 0) is 21.9 Å². The maximum atomic E-state index is 14.6. The third-order valence-electron chi connectivity index (χ3n) is 7.24. The van der Waals surface area contributed by atoms with Gasteiger partial charge in [-0.15, -0.1) is 0 Å². The fraction of sp³-hybridized carbons (Fsp3) is 0.593. The van der Waals surface area contributed by atoms with Crippen LogP contribution in [0.3, 0.4) is 0 Å². The molecule has 4 heterocycles. The molecular formula is C27H34F2N6O4. The van der Waals surface area contributed by atoms with Crippen molar-refractivity contribution in [2.24, 2.45) is 0 Å². The molecule has 2 aromatic rings. The molecule has 3 aliphatic rings. The van der Waals surface area contributed by atoms with Crippen LogP contribution < -0.4 is 9.64 Å². The number of hydrogen-bond acceptors (Lipinski definition) is 8. The molecule has 0 radical (unpaired) electrons. The average Bonchev–Trinajstić information content (AvgIpc) is 3.19. The van der Waals surface area contributed by atoms with Gasteiger partial charge in [0.2, 0.25) is 11.8 Å². The van der Waals surface area contributed by atoms with Gasteiger partial charge in [0.1, 0.15) is 11.3 Å². The minimum absolute atomic E-state index is 0.195. The summed E-state index contributed by atoms with van der Waals surface area (Å²) < 4.78 is 40.2. The van der Waals surface area contributed by atoms with E-state index in [9.17, 15) is 18.4 Å². The van der Waals surface area contributed by atoms with Gasteiger partial charge in [-0.25, -0.2) is 19.7 Å². The summed E-state index contributed by atoms with van der Waals surface area (Å²) in [6.45, 7) is 9.52. The molecule has 0 spiro atoms. The van der Waals surface area contributed by atoms with Crippen molar-refractivity contribution >= 4 is 17.9 Å². The molecule has 0 aromatic carbocycles. The van der Waals surface area contributed by atoms with Crippen LogP contribution in [0.1, 0.15) is 51.8 Å². The minimum Gasteiger partial charge on any atom is -0.468 e. The van der Waals surface area contributed by atoms with Crippen LogP contribution in [0.5, 0.6) is 5.88 Å². The van der Waals surface area contributed by atoms with Gasteiger partial charge >= 0.3 is 6.09 Å². The highest BCUT2D eigenvalue weighted by molar-refractivity contribution is 5.78. The largest absolute Gasteiger partial charge is 0.468 e. The Morgan fingerprint density at radius 1 is 1.08 bits per heavy atom. The minimum atomic E-state index is -2.98. The lowest BCUT2D eigenvalue weighted by Crippen LogP contribution is -2.52. The van der Waals surface area contributed by atoms with Crippen LogP contribution in [0, 0.1) is 0 Å². The highest BCUT2D eigenvalue weighted by Gasteiger charge is 2.44. The number of hydrogen-bond donors (Lipinski definition) is 0. The van der Waals surface area contributed by atoms with E-state index in [4.69, 9.17) is 9.47 Å². The molecule has 2 aromatic heterocycles. The molecule has 0 N–H and O–H groups in total. The highest BCUT2D eigenvalue weighted by Crippen LogP contribution is 2.44. The average molecular weight is 545 g/mol. The molecule has 5 rings (SSSR count). The lowest BCUT2D eigenvalue weighted by Gasteiger charge is -2.39. The number of aromatic nitrogens is 3. The predicted octanol–water partition coefficient (Wildman–Crippen LogP) is 3.63. The van der Waals surface area contributed by atoms with Gasteiger partial charge in [0, 0.05) is 68.6 Å². The lowest BCUT2D eigenvalue weighted by atomic mass is 10.1. The van der Waals surface area contributed by atoms with Gasteiger partial charge in [0.15, 0.2) is 6.61 Å². The smallest absolute Gasteiger partial charge is 0.410 e. The van der Waals surface area contributed by atoms with Crippen LogP contribution >= 0.6 is 0 Å². The molecular weight excluding hydrogens is 510 g/mol. The van der Waals surface area contributed by atoms with Crippen LogP contribution in [0.4, 0.5) is 19.5 Å². The molecule has 1 aliphatic carbocycles. The van der Waals surface area contributed by atoms with Crippen molar-refractivity contribution in [3.63, 3.8) is 0 Å².